The Balaban J connectivity index is 1.80. The van der Waals surface area contributed by atoms with Gasteiger partial charge in [-0.1, -0.05) is 11.6 Å². The first-order chi connectivity index (χ1) is 11.5. The van der Waals surface area contributed by atoms with Crippen molar-refractivity contribution in [1.82, 2.24) is 0 Å². The van der Waals surface area contributed by atoms with Crippen LogP contribution in [-0.4, -0.2) is 23.2 Å². The maximum atomic E-state index is 13.4. The van der Waals surface area contributed by atoms with Crippen molar-refractivity contribution in [2.75, 3.05) is 10.6 Å². The number of benzene rings is 2. The predicted molar refractivity (Wildman–Crippen MR) is 87.9 cm³/mol. The summed E-state index contributed by atoms with van der Waals surface area (Å²) in [6, 6.07) is 9.38. The van der Waals surface area contributed by atoms with Crippen LogP contribution in [0.1, 0.15) is 16.7 Å². The van der Waals surface area contributed by atoms with Crippen LogP contribution in [0.15, 0.2) is 46.6 Å². The van der Waals surface area contributed by atoms with Gasteiger partial charge in [0, 0.05) is 11.1 Å². The zero-order valence-corrected chi connectivity index (χ0v) is 12.6. The van der Waals surface area contributed by atoms with E-state index in [-0.39, 0.29) is 11.4 Å². The average molecular weight is 322 g/mol. The summed E-state index contributed by atoms with van der Waals surface area (Å²) in [5.74, 6) is -1.36. The van der Waals surface area contributed by atoms with Gasteiger partial charge >= 0.3 is 0 Å². The fourth-order valence-electron chi connectivity index (χ4n) is 2.69. The van der Waals surface area contributed by atoms with E-state index in [4.69, 9.17) is 0 Å². The van der Waals surface area contributed by atoms with Crippen LogP contribution < -0.4 is 10.6 Å². The lowest BCUT2D eigenvalue weighted by Crippen LogP contribution is -2.16. The normalized spacial score (nSPS) is 18.6. The molecule has 0 saturated heterocycles. The van der Waals surface area contributed by atoms with Crippen LogP contribution >= 0.6 is 0 Å². The number of amides is 2. The summed E-state index contributed by atoms with van der Waals surface area (Å²) in [4.78, 5) is 24.1. The molecule has 6 nitrogen and oxygen atoms in total. The summed E-state index contributed by atoms with van der Waals surface area (Å²) in [6.45, 7) is 1.90. The first-order valence-corrected chi connectivity index (χ1v) is 7.22. The minimum absolute atomic E-state index is 0.0223. The molecule has 0 aromatic heterocycles. The van der Waals surface area contributed by atoms with Crippen molar-refractivity contribution in [2.45, 2.75) is 6.92 Å². The van der Waals surface area contributed by atoms with Crippen molar-refractivity contribution >= 4 is 34.6 Å². The van der Waals surface area contributed by atoms with Crippen LogP contribution in [0, 0.1) is 12.7 Å². The molecular formula is C17H11FN4O2. The maximum Gasteiger partial charge on any atom is 0.276 e. The molecule has 2 aromatic carbocycles. The molecule has 0 radical (unpaired) electrons. The Kier molecular flexibility index (Phi) is 3.02. The number of carbonyl (C=O) groups excluding carboxylic acids is 2. The second kappa shape index (κ2) is 5.09. The maximum absolute atomic E-state index is 13.4. The first-order valence-electron chi connectivity index (χ1n) is 7.22. The molecule has 0 spiro atoms. The van der Waals surface area contributed by atoms with Crippen molar-refractivity contribution in [1.29, 1.82) is 0 Å². The number of anilines is 2. The van der Waals surface area contributed by atoms with E-state index in [2.05, 4.69) is 20.8 Å². The number of hydrogen-bond acceptors (Lipinski definition) is 4. The lowest BCUT2D eigenvalue weighted by molar-refractivity contribution is -0.111. The molecule has 0 bridgehead atoms. The number of nitrogens with zero attached hydrogens (tertiary/aromatic N) is 2. The number of halogens is 1. The Hall–Kier alpha value is -3.35. The molecule has 2 aliphatic heterocycles. The van der Waals surface area contributed by atoms with Crippen LogP contribution in [-0.2, 0) is 9.59 Å². The summed E-state index contributed by atoms with van der Waals surface area (Å²) in [6.07, 6.45) is 0. The molecule has 0 aliphatic carbocycles. The molecule has 0 unspecified atom stereocenters. The van der Waals surface area contributed by atoms with Gasteiger partial charge in [-0.15, -0.1) is 10.2 Å². The summed E-state index contributed by atoms with van der Waals surface area (Å²) in [5.41, 5.74) is 3.13. The molecule has 0 saturated carbocycles. The van der Waals surface area contributed by atoms with Gasteiger partial charge in [0.2, 0.25) is 0 Å². The van der Waals surface area contributed by atoms with Crippen molar-refractivity contribution in [3.8, 4) is 0 Å². The fraction of sp³-hybridized carbons (Fsp3) is 0.0588. The van der Waals surface area contributed by atoms with Gasteiger partial charge in [0.05, 0.1) is 11.4 Å². The first kappa shape index (κ1) is 14.3. The average Bonchev–Trinajstić information content (AvgIpc) is 3.01. The van der Waals surface area contributed by atoms with E-state index < -0.39 is 17.6 Å². The standard InChI is InChI=1S/C17H11FN4O2/c1-8-2-4-12-10(6-8)14(16(23)19-12)21-22-15-11-7-9(18)3-5-13(11)20-17(15)24/h2-7H,1H3,(H,19,21,23)(H,20,22,24). The van der Waals surface area contributed by atoms with E-state index in [9.17, 15) is 14.0 Å². The van der Waals surface area contributed by atoms with Crippen molar-refractivity contribution in [2.24, 2.45) is 10.2 Å². The van der Waals surface area contributed by atoms with Gasteiger partial charge in [-0.25, -0.2) is 4.39 Å². The van der Waals surface area contributed by atoms with Crippen LogP contribution in [0.5, 0.6) is 0 Å². The highest BCUT2D eigenvalue weighted by Gasteiger charge is 2.29. The molecule has 0 fully saturated rings. The van der Waals surface area contributed by atoms with Gasteiger partial charge in [0.25, 0.3) is 11.8 Å². The smallest absolute Gasteiger partial charge is 0.276 e. The zero-order valence-electron chi connectivity index (χ0n) is 12.6. The fourth-order valence-corrected chi connectivity index (χ4v) is 2.69. The second-order valence-electron chi connectivity index (χ2n) is 5.54. The molecule has 0 atom stereocenters. The third-order valence-electron chi connectivity index (χ3n) is 3.84. The summed E-state index contributed by atoms with van der Waals surface area (Å²) < 4.78 is 13.4. The van der Waals surface area contributed by atoms with E-state index >= 15 is 0 Å². The van der Waals surface area contributed by atoms with Gasteiger partial charge in [-0.2, -0.15) is 0 Å². The lowest BCUT2D eigenvalue weighted by Gasteiger charge is -1.98. The quantitative estimate of drug-likeness (QED) is 0.789. The van der Waals surface area contributed by atoms with E-state index in [1.165, 1.54) is 18.2 Å². The lowest BCUT2D eigenvalue weighted by atomic mass is 10.1. The predicted octanol–water partition coefficient (Wildman–Crippen LogP) is 2.23. The molecule has 118 valence electrons. The van der Waals surface area contributed by atoms with E-state index in [0.717, 1.165) is 5.56 Å². The van der Waals surface area contributed by atoms with Crippen LogP contribution in [0.3, 0.4) is 0 Å². The number of fused-ring (bicyclic) bond motifs is 2. The van der Waals surface area contributed by atoms with Crippen molar-refractivity contribution in [3.05, 3.63) is 58.9 Å². The summed E-state index contributed by atoms with van der Waals surface area (Å²) in [7, 11) is 0. The summed E-state index contributed by atoms with van der Waals surface area (Å²) >= 11 is 0. The number of hydrogen-bond donors (Lipinski definition) is 2. The van der Waals surface area contributed by atoms with Crippen molar-refractivity contribution < 1.29 is 14.0 Å². The molecule has 4 rings (SSSR count). The van der Waals surface area contributed by atoms with Gasteiger partial charge in [-0.05, 0) is 37.3 Å². The largest absolute Gasteiger partial charge is 0.320 e. The second-order valence-corrected chi connectivity index (χ2v) is 5.54. The number of rotatable bonds is 1. The highest BCUT2D eigenvalue weighted by atomic mass is 19.1. The molecule has 2 aliphatic rings. The molecule has 2 heterocycles. The number of aryl methyl sites for hydroxylation is 1. The molecular weight excluding hydrogens is 311 g/mol. The van der Waals surface area contributed by atoms with Crippen LogP contribution in [0.2, 0.25) is 0 Å². The van der Waals surface area contributed by atoms with E-state index in [0.29, 0.717) is 22.5 Å². The Morgan fingerprint density at radius 1 is 0.833 bits per heavy atom. The molecule has 7 heteroatoms. The molecule has 2 amide bonds. The number of carbonyl (C=O) groups is 2. The van der Waals surface area contributed by atoms with Gasteiger partial charge in [-0.3, -0.25) is 9.59 Å². The molecule has 24 heavy (non-hydrogen) atoms. The van der Waals surface area contributed by atoms with Gasteiger partial charge in [0.15, 0.2) is 11.4 Å². The van der Waals surface area contributed by atoms with Crippen LogP contribution in [0.25, 0.3) is 0 Å². The van der Waals surface area contributed by atoms with Gasteiger partial charge < -0.3 is 10.6 Å². The third kappa shape index (κ3) is 2.18. The minimum atomic E-state index is -0.483. The Labute approximate surface area is 136 Å². The SMILES string of the molecule is Cc1ccc2c(c1)/C(=N/N=C1\C(=O)Nc3ccc(F)cc31)C(=O)N2. The molecule has 2 N–H and O–H groups in total. The van der Waals surface area contributed by atoms with E-state index in [1.807, 2.05) is 19.1 Å². The Morgan fingerprint density at radius 2 is 1.38 bits per heavy atom. The third-order valence-corrected chi connectivity index (χ3v) is 3.84. The zero-order chi connectivity index (χ0) is 16.8. The van der Waals surface area contributed by atoms with E-state index in [1.54, 1.807) is 6.07 Å². The monoisotopic (exact) mass is 322 g/mol. The minimum Gasteiger partial charge on any atom is -0.320 e. The Bertz CT molecular complexity index is 899. The topological polar surface area (TPSA) is 82.9 Å². The summed E-state index contributed by atoms with van der Waals surface area (Å²) in [5, 5.41) is 13.1. The van der Waals surface area contributed by atoms with Crippen molar-refractivity contribution in [3.63, 3.8) is 0 Å². The highest BCUT2D eigenvalue weighted by molar-refractivity contribution is 6.55. The van der Waals surface area contributed by atoms with Gasteiger partial charge in [0.1, 0.15) is 5.82 Å². The molecule has 2 aromatic rings. The Morgan fingerprint density at radius 3 is 2.00 bits per heavy atom. The number of nitrogens with one attached hydrogen (secondary N) is 2. The highest BCUT2D eigenvalue weighted by Crippen LogP contribution is 2.26. The van der Waals surface area contributed by atoms with Crippen LogP contribution in [0.4, 0.5) is 15.8 Å².